The lowest BCUT2D eigenvalue weighted by atomic mass is 9.91. The van der Waals surface area contributed by atoms with E-state index in [2.05, 4.69) is 50.2 Å². The number of aryl methyl sites for hydroxylation is 3. The van der Waals surface area contributed by atoms with Crippen molar-refractivity contribution in [2.45, 2.75) is 32.9 Å². The standard InChI is InChI=1S/C15H25N3/c1-10-7-12(3)13(8-11(10)2)15(16)14-9-17-5-6-18(14)4/h7-8,14-15,17H,5-6,9,16H2,1-4H3. The minimum Gasteiger partial charge on any atom is -0.323 e. The van der Waals surface area contributed by atoms with Crippen LogP contribution >= 0.6 is 0 Å². The van der Waals surface area contributed by atoms with Crippen molar-refractivity contribution in [3.05, 3.63) is 34.4 Å². The maximum absolute atomic E-state index is 6.50. The van der Waals surface area contributed by atoms with Crippen molar-refractivity contribution < 1.29 is 0 Å². The largest absolute Gasteiger partial charge is 0.323 e. The van der Waals surface area contributed by atoms with Gasteiger partial charge in [0.05, 0.1) is 0 Å². The maximum atomic E-state index is 6.50. The molecule has 0 saturated carbocycles. The van der Waals surface area contributed by atoms with Crippen LogP contribution in [0.4, 0.5) is 0 Å². The third kappa shape index (κ3) is 2.58. The fourth-order valence-corrected chi connectivity index (χ4v) is 2.78. The smallest absolute Gasteiger partial charge is 0.0468 e. The Balaban J connectivity index is 2.27. The van der Waals surface area contributed by atoms with E-state index in [9.17, 15) is 0 Å². The van der Waals surface area contributed by atoms with E-state index in [1.165, 1.54) is 22.3 Å². The number of nitrogens with zero attached hydrogens (tertiary/aromatic N) is 1. The van der Waals surface area contributed by atoms with Gasteiger partial charge in [0.25, 0.3) is 0 Å². The van der Waals surface area contributed by atoms with Crippen molar-refractivity contribution in [2.75, 3.05) is 26.7 Å². The molecule has 1 aromatic rings. The zero-order chi connectivity index (χ0) is 13.3. The van der Waals surface area contributed by atoms with Gasteiger partial charge in [-0.3, -0.25) is 4.90 Å². The SMILES string of the molecule is Cc1cc(C)c(C(N)C2CNCCN2C)cc1C. The second kappa shape index (κ2) is 5.39. The number of nitrogens with two attached hydrogens (primary N) is 1. The van der Waals surface area contributed by atoms with Crippen LogP contribution in [0.2, 0.25) is 0 Å². The Labute approximate surface area is 110 Å². The van der Waals surface area contributed by atoms with Crippen molar-refractivity contribution >= 4 is 0 Å². The molecule has 0 bridgehead atoms. The molecule has 3 nitrogen and oxygen atoms in total. The van der Waals surface area contributed by atoms with Gasteiger partial charge >= 0.3 is 0 Å². The summed E-state index contributed by atoms with van der Waals surface area (Å²) in [5, 5.41) is 3.44. The molecule has 2 rings (SSSR count). The highest BCUT2D eigenvalue weighted by Gasteiger charge is 2.27. The lowest BCUT2D eigenvalue weighted by molar-refractivity contribution is 0.174. The Morgan fingerprint density at radius 3 is 2.56 bits per heavy atom. The summed E-state index contributed by atoms with van der Waals surface area (Å²) in [7, 11) is 2.17. The molecule has 1 aromatic carbocycles. The summed E-state index contributed by atoms with van der Waals surface area (Å²) in [6, 6.07) is 4.99. The number of rotatable bonds is 2. The van der Waals surface area contributed by atoms with E-state index < -0.39 is 0 Å². The molecule has 3 heteroatoms. The van der Waals surface area contributed by atoms with E-state index in [0.717, 1.165) is 19.6 Å². The lowest BCUT2D eigenvalue weighted by Crippen LogP contribution is -2.53. The summed E-state index contributed by atoms with van der Waals surface area (Å²) >= 11 is 0. The highest BCUT2D eigenvalue weighted by molar-refractivity contribution is 5.38. The molecule has 1 saturated heterocycles. The molecule has 0 radical (unpaired) electrons. The van der Waals surface area contributed by atoms with Crippen LogP contribution in [0.1, 0.15) is 28.3 Å². The summed E-state index contributed by atoms with van der Waals surface area (Å²) in [6.07, 6.45) is 0. The summed E-state index contributed by atoms with van der Waals surface area (Å²) in [5.41, 5.74) is 11.8. The molecule has 1 aliphatic heterocycles. The molecular weight excluding hydrogens is 222 g/mol. The molecule has 0 amide bonds. The van der Waals surface area contributed by atoms with Crippen molar-refractivity contribution in [1.82, 2.24) is 10.2 Å². The van der Waals surface area contributed by atoms with E-state index in [1.807, 2.05) is 0 Å². The molecule has 2 atom stereocenters. The molecule has 1 fully saturated rings. The molecule has 3 N–H and O–H groups in total. The molecule has 1 heterocycles. The minimum absolute atomic E-state index is 0.0853. The second-order valence-corrected chi connectivity index (χ2v) is 5.57. The quantitative estimate of drug-likeness (QED) is 0.832. The van der Waals surface area contributed by atoms with Gasteiger partial charge in [-0.2, -0.15) is 0 Å². The van der Waals surface area contributed by atoms with Gasteiger partial charge in [0.2, 0.25) is 0 Å². The van der Waals surface area contributed by atoms with E-state index in [-0.39, 0.29) is 6.04 Å². The number of benzene rings is 1. The first kappa shape index (κ1) is 13.5. The van der Waals surface area contributed by atoms with Crippen LogP contribution in [0, 0.1) is 20.8 Å². The summed E-state index contributed by atoms with van der Waals surface area (Å²) in [4.78, 5) is 2.37. The average molecular weight is 247 g/mol. The predicted molar refractivity (Wildman–Crippen MR) is 76.9 cm³/mol. The number of piperazine rings is 1. The van der Waals surface area contributed by atoms with Gasteiger partial charge in [-0.05, 0) is 50.1 Å². The molecular formula is C15H25N3. The Kier molecular flexibility index (Phi) is 4.05. The van der Waals surface area contributed by atoms with E-state index in [4.69, 9.17) is 5.73 Å². The van der Waals surface area contributed by atoms with Crippen LogP contribution in [0.3, 0.4) is 0 Å². The third-order valence-corrected chi connectivity index (χ3v) is 4.22. The number of hydrogen-bond donors (Lipinski definition) is 2. The Bertz CT molecular complexity index is 428. The first-order chi connectivity index (χ1) is 8.50. The summed E-state index contributed by atoms with van der Waals surface area (Å²) < 4.78 is 0. The number of likely N-dealkylation sites (N-methyl/N-ethyl adjacent to an activating group) is 1. The Morgan fingerprint density at radius 1 is 1.22 bits per heavy atom. The van der Waals surface area contributed by atoms with Gasteiger partial charge in [-0.1, -0.05) is 12.1 Å². The molecule has 18 heavy (non-hydrogen) atoms. The van der Waals surface area contributed by atoms with Crippen LogP contribution in [0.15, 0.2) is 12.1 Å². The average Bonchev–Trinajstić information content (AvgIpc) is 2.33. The van der Waals surface area contributed by atoms with Gasteiger partial charge in [0, 0.05) is 31.7 Å². The monoisotopic (exact) mass is 247 g/mol. The van der Waals surface area contributed by atoms with Crippen LogP contribution < -0.4 is 11.1 Å². The van der Waals surface area contributed by atoms with Crippen molar-refractivity contribution in [2.24, 2.45) is 5.73 Å². The molecule has 0 aromatic heterocycles. The zero-order valence-electron chi connectivity index (χ0n) is 12.0. The molecule has 100 valence electrons. The molecule has 1 aliphatic rings. The first-order valence-electron chi connectivity index (χ1n) is 6.75. The second-order valence-electron chi connectivity index (χ2n) is 5.57. The van der Waals surface area contributed by atoms with Crippen molar-refractivity contribution in [3.8, 4) is 0 Å². The van der Waals surface area contributed by atoms with Crippen LogP contribution in [-0.2, 0) is 0 Å². The van der Waals surface area contributed by atoms with Gasteiger partial charge in [0.15, 0.2) is 0 Å². The fraction of sp³-hybridized carbons (Fsp3) is 0.600. The van der Waals surface area contributed by atoms with Crippen molar-refractivity contribution in [3.63, 3.8) is 0 Å². The van der Waals surface area contributed by atoms with Gasteiger partial charge in [-0.25, -0.2) is 0 Å². The molecule has 0 spiro atoms. The van der Waals surface area contributed by atoms with E-state index >= 15 is 0 Å². The van der Waals surface area contributed by atoms with Crippen LogP contribution in [-0.4, -0.2) is 37.6 Å². The van der Waals surface area contributed by atoms with Crippen molar-refractivity contribution in [1.29, 1.82) is 0 Å². The Morgan fingerprint density at radius 2 is 1.89 bits per heavy atom. The Hall–Kier alpha value is -0.900. The molecule has 2 unspecified atom stereocenters. The zero-order valence-corrected chi connectivity index (χ0v) is 12.0. The lowest BCUT2D eigenvalue weighted by Gasteiger charge is -2.37. The highest BCUT2D eigenvalue weighted by atomic mass is 15.2. The maximum Gasteiger partial charge on any atom is 0.0468 e. The normalized spacial score (nSPS) is 23.1. The number of nitrogens with one attached hydrogen (secondary N) is 1. The van der Waals surface area contributed by atoms with Crippen LogP contribution in [0.25, 0.3) is 0 Å². The number of hydrogen-bond acceptors (Lipinski definition) is 3. The summed E-state index contributed by atoms with van der Waals surface area (Å²) in [5.74, 6) is 0. The van der Waals surface area contributed by atoms with E-state index in [1.54, 1.807) is 0 Å². The first-order valence-corrected chi connectivity index (χ1v) is 6.75. The van der Waals surface area contributed by atoms with Crippen LogP contribution in [0.5, 0.6) is 0 Å². The van der Waals surface area contributed by atoms with E-state index in [0.29, 0.717) is 6.04 Å². The minimum atomic E-state index is 0.0853. The predicted octanol–water partition coefficient (Wildman–Crippen LogP) is 1.52. The summed E-state index contributed by atoms with van der Waals surface area (Å²) in [6.45, 7) is 9.59. The topological polar surface area (TPSA) is 41.3 Å². The highest BCUT2D eigenvalue weighted by Crippen LogP contribution is 2.25. The van der Waals surface area contributed by atoms with Gasteiger partial charge in [0.1, 0.15) is 0 Å². The fourth-order valence-electron chi connectivity index (χ4n) is 2.78. The third-order valence-electron chi connectivity index (χ3n) is 4.22. The van der Waals surface area contributed by atoms with Gasteiger partial charge in [-0.15, -0.1) is 0 Å². The van der Waals surface area contributed by atoms with Gasteiger partial charge < -0.3 is 11.1 Å². The molecule has 0 aliphatic carbocycles.